The summed E-state index contributed by atoms with van der Waals surface area (Å²) in [5, 5.41) is 10.9. The van der Waals surface area contributed by atoms with E-state index in [1.165, 1.54) is 18.3 Å². The minimum Gasteiger partial charge on any atom is -0.470 e. The van der Waals surface area contributed by atoms with Crippen LogP contribution in [-0.4, -0.2) is 27.6 Å². The first-order valence-corrected chi connectivity index (χ1v) is 7.17. The van der Waals surface area contributed by atoms with Gasteiger partial charge < -0.3 is 9.47 Å². The second kappa shape index (κ2) is 7.72. The Hall–Kier alpha value is -2.18. The summed E-state index contributed by atoms with van der Waals surface area (Å²) in [7, 11) is 0. The largest absolute Gasteiger partial charge is 0.470 e. The molecule has 0 radical (unpaired) electrons. The third kappa shape index (κ3) is 6.51. The van der Waals surface area contributed by atoms with Crippen LogP contribution in [0.15, 0.2) is 18.3 Å². The summed E-state index contributed by atoms with van der Waals surface area (Å²) in [5.74, 6) is -0.263. The maximum atomic E-state index is 11.6. The third-order valence-corrected chi connectivity index (χ3v) is 2.67. The summed E-state index contributed by atoms with van der Waals surface area (Å²) in [6, 6.07) is 2.83. The molecule has 0 saturated heterocycles. The number of aromatic nitrogens is 1. The molecule has 0 aliphatic rings. The molecule has 0 aliphatic carbocycles. The Bertz CT molecular complexity index is 525. The monoisotopic (exact) mass is 310 g/mol. The normalized spacial score (nSPS) is 12.5. The van der Waals surface area contributed by atoms with Crippen LogP contribution in [0.2, 0.25) is 0 Å². The van der Waals surface area contributed by atoms with Crippen molar-refractivity contribution < 1.29 is 19.2 Å². The lowest BCUT2D eigenvalue weighted by Gasteiger charge is -2.19. The first-order chi connectivity index (χ1) is 10.2. The summed E-state index contributed by atoms with van der Waals surface area (Å²) < 4.78 is 10.7. The van der Waals surface area contributed by atoms with Crippen LogP contribution in [0.5, 0.6) is 5.88 Å². The van der Waals surface area contributed by atoms with E-state index in [-0.39, 0.29) is 30.1 Å². The predicted molar refractivity (Wildman–Crippen MR) is 80.7 cm³/mol. The third-order valence-electron chi connectivity index (χ3n) is 2.67. The molecule has 122 valence electrons. The van der Waals surface area contributed by atoms with Crippen molar-refractivity contribution in [1.82, 2.24) is 4.98 Å². The van der Waals surface area contributed by atoms with Gasteiger partial charge in [-0.25, -0.2) is 4.98 Å². The number of rotatable bonds is 7. The number of carbonyl (C=O) groups is 1. The van der Waals surface area contributed by atoms with Crippen molar-refractivity contribution in [1.29, 1.82) is 0 Å². The zero-order valence-corrected chi connectivity index (χ0v) is 13.4. The van der Waals surface area contributed by atoms with Gasteiger partial charge >= 0.3 is 11.7 Å². The van der Waals surface area contributed by atoms with Crippen LogP contribution >= 0.6 is 0 Å². The fourth-order valence-electron chi connectivity index (χ4n) is 1.79. The number of esters is 1. The van der Waals surface area contributed by atoms with Crippen molar-refractivity contribution in [3.05, 3.63) is 28.4 Å². The molecular weight excluding hydrogens is 288 g/mol. The zero-order chi connectivity index (χ0) is 16.8. The maximum absolute atomic E-state index is 11.6. The quantitative estimate of drug-likeness (QED) is 0.436. The van der Waals surface area contributed by atoms with E-state index >= 15 is 0 Å². The van der Waals surface area contributed by atoms with Gasteiger partial charge in [-0.1, -0.05) is 0 Å². The van der Waals surface area contributed by atoms with Crippen LogP contribution in [0.3, 0.4) is 0 Å². The molecule has 0 amide bonds. The van der Waals surface area contributed by atoms with Crippen LogP contribution in [0.4, 0.5) is 5.69 Å². The SMILES string of the molecule is CC(CCCC(=O)OC(C)(C)C)Oc1ncccc1[N+](=O)[O-]. The number of nitro groups is 1. The van der Waals surface area contributed by atoms with Crippen molar-refractivity contribution >= 4 is 11.7 Å². The van der Waals surface area contributed by atoms with Crippen molar-refractivity contribution in [2.24, 2.45) is 0 Å². The van der Waals surface area contributed by atoms with Crippen molar-refractivity contribution in [3.8, 4) is 5.88 Å². The van der Waals surface area contributed by atoms with Crippen LogP contribution in [-0.2, 0) is 9.53 Å². The molecule has 1 rings (SSSR count). The summed E-state index contributed by atoms with van der Waals surface area (Å²) in [6.45, 7) is 7.23. The van der Waals surface area contributed by atoms with Gasteiger partial charge in [0.1, 0.15) is 5.60 Å². The summed E-state index contributed by atoms with van der Waals surface area (Å²) in [6.07, 6.45) is 2.60. The number of nitrogens with zero attached hydrogens (tertiary/aromatic N) is 2. The van der Waals surface area contributed by atoms with Crippen LogP contribution in [0.1, 0.15) is 47.0 Å². The first kappa shape index (κ1) is 17.9. The van der Waals surface area contributed by atoms with E-state index in [0.29, 0.717) is 12.8 Å². The van der Waals surface area contributed by atoms with Crippen LogP contribution < -0.4 is 4.74 Å². The standard InChI is InChI=1S/C15H22N2O5/c1-11(7-5-9-13(18)22-15(2,3)4)21-14-12(17(19)20)8-6-10-16-14/h6,8,10-11H,5,7,9H2,1-4H3. The average Bonchev–Trinajstić information content (AvgIpc) is 2.36. The lowest BCUT2D eigenvalue weighted by Crippen LogP contribution is -2.24. The number of carbonyl (C=O) groups excluding carboxylic acids is 1. The molecule has 0 aliphatic heterocycles. The van der Waals surface area contributed by atoms with Gasteiger partial charge in [0, 0.05) is 18.7 Å². The average molecular weight is 310 g/mol. The van der Waals surface area contributed by atoms with Gasteiger partial charge in [0.25, 0.3) is 5.88 Å². The van der Waals surface area contributed by atoms with Gasteiger partial charge in [0.05, 0.1) is 11.0 Å². The molecule has 7 nitrogen and oxygen atoms in total. The van der Waals surface area contributed by atoms with Gasteiger partial charge in [0.2, 0.25) is 0 Å². The van der Waals surface area contributed by atoms with E-state index in [9.17, 15) is 14.9 Å². The van der Waals surface area contributed by atoms with E-state index in [0.717, 1.165) is 0 Å². The Morgan fingerprint density at radius 3 is 2.73 bits per heavy atom. The lowest BCUT2D eigenvalue weighted by atomic mass is 10.1. The molecular formula is C15H22N2O5. The molecule has 7 heteroatoms. The highest BCUT2D eigenvalue weighted by molar-refractivity contribution is 5.69. The number of pyridine rings is 1. The van der Waals surface area contributed by atoms with E-state index in [1.54, 1.807) is 6.92 Å². The zero-order valence-electron chi connectivity index (χ0n) is 13.4. The van der Waals surface area contributed by atoms with Crippen molar-refractivity contribution in [3.63, 3.8) is 0 Å². The number of hydrogen-bond acceptors (Lipinski definition) is 6. The Balaban J connectivity index is 2.43. The smallest absolute Gasteiger partial charge is 0.330 e. The van der Waals surface area contributed by atoms with Crippen molar-refractivity contribution in [2.45, 2.75) is 58.7 Å². The van der Waals surface area contributed by atoms with E-state index in [1.807, 2.05) is 20.8 Å². The van der Waals surface area contributed by atoms with Crippen molar-refractivity contribution in [2.75, 3.05) is 0 Å². The van der Waals surface area contributed by atoms with Gasteiger partial charge in [-0.3, -0.25) is 14.9 Å². The molecule has 1 atom stereocenters. The topological polar surface area (TPSA) is 91.6 Å². The summed E-state index contributed by atoms with van der Waals surface area (Å²) in [4.78, 5) is 25.8. The lowest BCUT2D eigenvalue weighted by molar-refractivity contribution is -0.386. The molecule has 0 fully saturated rings. The first-order valence-electron chi connectivity index (χ1n) is 7.17. The fourth-order valence-corrected chi connectivity index (χ4v) is 1.79. The molecule has 0 saturated carbocycles. The van der Waals surface area contributed by atoms with Gasteiger partial charge in [-0.05, 0) is 46.6 Å². The minimum absolute atomic E-state index is 0.00253. The Morgan fingerprint density at radius 2 is 2.14 bits per heavy atom. The highest BCUT2D eigenvalue weighted by atomic mass is 16.6. The van der Waals surface area contributed by atoms with E-state index < -0.39 is 10.5 Å². The van der Waals surface area contributed by atoms with Gasteiger partial charge in [0.15, 0.2) is 0 Å². The van der Waals surface area contributed by atoms with Gasteiger partial charge in [-0.2, -0.15) is 0 Å². The van der Waals surface area contributed by atoms with E-state index in [2.05, 4.69) is 4.98 Å². The van der Waals surface area contributed by atoms with Gasteiger partial charge in [-0.15, -0.1) is 0 Å². The Morgan fingerprint density at radius 1 is 1.45 bits per heavy atom. The van der Waals surface area contributed by atoms with Crippen LogP contribution in [0, 0.1) is 10.1 Å². The molecule has 1 unspecified atom stereocenters. The molecule has 0 aromatic carbocycles. The molecule has 1 aromatic rings. The molecule has 0 bridgehead atoms. The molecule has 22 heavy (non-hydrogen) atoms. The fraction of sp³-hybridized carbons (Fsp3) is 0.600. The predicted octanol–water partition coefficient (Wildman–Crippen LogP) is 3.27. The summed E-state index contributed by atoms with van der Waals surface area (Å²) >= 11 is 0. The molecule has 0 N–H and O–H groups in total. The van der Waals surface area contributed by atoms with E-state index in [4.69, 9.17) is 9.47 Å². The minimum atomic E-state index is -0.532. The molecule has 1 aromatic heterocycles. The highest BCUT2D eigenvalue weighted by Gasteiger charge is 2.19. The Kier molecular flexibility index (Phi) is 6.27. The Labute approximate surface area is 129 Å². The second-order valence-corrected chi connectivity index (χ2v) is 5.99. The highest BCUT2D eigenvalue weighted by Crippen LogP contribution is 2.24. The second-order valence-electron chi connectivity index (χ2n) is 5.99. The maximum Gasteiger partial charge on any atom is 0.330 e. The number of ether oxygens (including phenoxy) is 2. The molecule has 1 heterocycles. The van der Waals surface area contributed by atoms with Crippen LogP contribution in [0.25, 0.3) is 0 Å². The number of hydrogen-bond donors (Lipinski definition) is 0. The summed E-state index contributed by atoms with van der Waals surface area (Å²) in [5.41, 5.74) is -0.658. The molecule has 0 spiro atoms.